The number of rotatable bonds is 4. The van der Waals surface area contributed by atoms with E-state index in [1.807, 2.05) is 18.2 Å². The van der Waals surface area contributed by atoms with E-state index < -0.39 is 0 Å². The Hall–Kier alpha value is -2.63. The lowest BCUT2D eigenvalue weighted by atomic mass is 10.1. The molecule has 2 fully saturated rings. The van der Waals surface area contributed by atoms with Gasteiger partial charge in [-0.15, -0.1) is 0 Å². The highest BCUT2D eigenvalue weighted by Gasteiger charge is 2.39. The Labute approximate surface area is 146 Å². The number of carbonyl (C=O) groups excluding carboxylic acids is 1. The minimum absolute atomic E-state index is 0.0543. The molecule has 0 bridgehead atoms. The van der Waals surface area contributed by atoms with Crippen molar-refractivity contribution in [1.82, 2.24) is 10.3 Å². The van der Waals surface area contributed by atoms with Crippen molar-refractivity contribution >= 4 is 17.5 Å². The molecule has 1 aliphatic carbocycles. The van der Waals surface area contributed by atoms with Crippen molar-refractivity contribution < 1.29 is 9.18 Å². The predicted octanol–water partition coefficient (Wildman–Crippen LogP) is 3.50. The first-order valence-corrected chi connectivity index (χ1v) is 8.73. The topological polar surface area (TPSA) is 57.3 Å². The van der Waals surface area contributed by atoms with Gasteiger partial charge in [-0.1, -0.05) is 12.1 Å². The van der Waals surface area contributed by atoms with E-state index in [4.69, 9.17) is 0 Å². The van der Waals surface area contributed by atoms with Gasteiger partial charge in [0.1, 0.15) is 11.6 Å². The number of hydrogen-bond acceptors (Lipinski definition) is 3. The van der Waals surface area contributed by atoms with Crippen LogP contribution in [0.1, 0.15) is 30.7 Å². The van der Waals surface area contributed by atoms with Crippen LogP contribution >= 0.6 is 0 Å². The van der Waals surface area contributed by atoms with Gasteiger partial charge in [0.15, 0.2) is 0 Å². The molecular formula is C19H21FN4O. The number of benzene rings is 1. The van der Waals surface area contributed by atoms with Crippen LogP contribution in [0.25, 0.3) is 0 Å². The number of nitrogens with zero attached hydrogens (tertiary/aromatic N) is 2. The number of anilines is 2. The molecule has 2 aromatic rings. The monoisotopic (exact) mass is 340 g/mol. The minimum Gasteiger partial charge on any atom is -0.357 e. The molecule has 2 N–H and O–H groups in total. The summed E-state index contributed by atoms with van der Waals surface area (Å²) in [6.45, 7) is 2.09. The van der Waals surface area contributed by atoms with Crippen LogP contribution in [0.2, 0.25) is 0 Å². The average Bonchev–Trinajstić information content (AvgIpc) is 3.15. The van der Waals surface area contributed by atoms with Crippen molar-refractivity contribution in [2.45, 2.75) is 31.2 Å². The number of nitrogens with one attached hydrogen (secondary N) is 2. The van der Waals surface area contributed by atoms with E-state index in [2.05, 4.69) is 20.5 Å². The molecule has 2 amide bonds. The quantitative estimate of drug-likeness (QED) is 0.896. The van der Waals surface area contributed by atoms with E-state index in [0.717, 1.165) is 30.9 Å². The van der Waals surface area contributed by atoms with Gasteiger partial charge < -0.3 is 15.5 Å². The molecule has 0 radical (unpaired) electrons. The summed E-state index contributed by atoms with van der Waals surface area (Å²) >= 11 is 0. The van der Waals surface area contributed by atoms with Crippen LogP contribution < -0.4 is 15.5 Å². The molecule has 2 aliphatic rings. The van der Waals surface area contributed by atoms with Crippen molar-refractivity contribution in [3.05, 3.63) is 54.0 Å². The largest absolute Gasteiger partial charge is 0.357 e. The van der Waals surface area contributed by atoms with E-state index in [1.54, 1.807) is 12.3 Å². The molecule has 0 spiro atoms. The van der Waals surface area contributed by atoms with Crippen molar-refractivity contribution in [1.29, 1.82) is 0 Å². The van der Waals surface area contributed by atoms with Crippen molar-refractivity contribution in [2.24, 2.45) is 0 Å². The van der Waals surface area contributed by atoms with Crippen LogP contribution in [0, 0.1) is 5.82 Å². The molecule has 6 heteroatoms. The van der Waals surface area contributed by atoms with E-state index in [1.165, 1.54) is 25.0 Å². The standard InChI is InChI=1S/C19H21FN4O/c20-14-5-3-4-13(10-14)16-11-17(16)23-19(25)22-15-6-7-18(21-12-15)24-8-1-2-9-24/h3-7,10,12,16-17H,1-2,8-9,11H2,(H2,22,23,25)/t16-,17-/m1/s1. The number of aromatic nitrogens is 1. The van der Waals surface area contributed by atoms with Crippen molar-refractivity contribution in [3.63, 3.8) is 0 Å². The summed E-state index contributed by atoms with van der Waals surface area (Å²) in [6.07, 6.45) is 4.93. The second-order valence-corrected chi connectivity index (χ2v) is 6.70. The van der Waals surface area contributed by atoms with Gasteiger partial charge in [-0.25, -0.2) is 14.2 Å². The fourth-order valence-corrected chi connectivity index (χ4v) is 3.39. The molecular weight excluding hydrogens is 319 g/mol. The Kier molecular flexibility index (Phi) is 4.26. The highest BCUT2D eigenvalue weighted by molar-refractivity contribution is 5.89. The minimum atomic E-state index is -0.250. The molecule has 1 aliphatic heterocycles. The summed E-state index contributed by atoms with van der Waals surface area (Å²) in [4.78, 5) is 18.8. The third-order valence-corrected chi connectivity index (χ3v) is 4.82. The van der Waals surface area contributed by atoms with Gasteiger partial charge in [-0.05, 0) is 49.1 Å². The van der Waals surface area contributed by atoms with Gasteiger partial charge in [0.05, 0.1) is 11.9 Å². The SMILES string of the molecule is O=C(Nc1ccc(N2CCCC2)nc1)N[C@@H]1C[C@@H]1c1cccc(F)c1. The Morgan fingerprint density at radius 2 is 2.04 bits per heavy atom. The average molecular weight is 340 g/mol. The van der Waals surface area contributed by atoms with Crippen LogP contribution in [0.15, 0.2) is 42.6 Å². The number of amides is 2. The first-order valence-electron chi connectivity index (χ1n) is 8.73. The van der Waals surface area contributed by atoms with Crippen LogP contribution in [0.5, 0.6) is 0 Å². The lowest BCUT2D eigenvalue weighted by Crippen LogP contribution is -2.31. The highest BCUT2D eigenvalue weighted by atomic mass is 19.1. The summed E-state index contributed by atoms with van der Waals surface area (Å²) < 4.78 is 13.3. The van der Waals surface area contributed by atoms with E-state index >= 15 is 0 Å². The van der Waals surface area contributed by atoms with Gasteiger partial charge in [0, 0.05) is 25.0 Å². The molecule has 0 unspecified atom stereocenters. The zero-order valence-corrected chi connectivity index (χ0v) is 13.9. The van der Waals surface area contributed by atoms with E-state index in [9.17, 15) is 9.18 Å². The van der Waals surface area contributed by atoms with Gasteiger partial charge in [0.2, 0.25) is 0 Å². The Morgan fingerprint density at radius 1 is 1.20 bits per heavy atom. The molecule has 1 aromatic heterocycles. The number of hydrogen-bond donors (Lipinski definition) is 2. The van der Waals surface area contributed by atoms with Crippen LogP contribution in [0.3, 0.4) is 0 Å². The maximum atomic E-state index is 13.3. The summed E-state index contributed by atoms with van der Waals surface area (Å²) in [7, 11) is 0. The number of carbonyl (C=O) groups is 1. The second-order valence-electron chi connectivity index (χ2n) is 6.70. The molecule has 25 heavy (non-hydrogen) atoms. The van der Waals surface area contributed by atoms with Crippen LogP contribution in [-0.2, 0) is 0 Å². The Bertz CT molecular complexity index is 758. The van der Waals surface area contributed by atoms with Gasteiger partial charge in [0.25, 0.3) is 0 Å². The first-order chi connectivity index (χ1) is 12.2. The molecule has 1 aromatic carbocycles. The molecule has 2 atom stereocenters. The van der Waals surface area contributed by atoms with Crippen LogP contribution in [0.4, 0.5) is 20.7 Å². The lowest BCUT2D eigenvalue weighted by molar-refractivity contribution is 0.251. The van der Waals surface area contributed by atoms with E-state index in [-0.39, 0.29) is 23.8 Å². The number of pyridine rings is 1. The third kappa shape index (κ3) is 3.73. The Balaban J connectivity index is 1.29. The van der Waals surface area contributed by atoms with E-state index in [0.29, 0.717) is 5.69 Å². The van der Waals surface area contributed by atoms with Gasteiger partial charge in [-0.3, -0.25) is 0 Å². The highest BCUT2D eigenvalue weighted by Crippen LogP contribution is 2.40. The van der Waals surface area contributed by atoms with Gasteiger partial charge >= 0.3 is 6.03 Å². The zero-order chi connectivity index (χ0) is 17.2. The summed E-state index contributed by atoms with van der Waals surface area (Å²) in [5, 5.41) is 5.74. The summed E-state index contributed by atoms with van der Waals surface area (Å²) in [5.41, 5.74) is 1.60. The third-order valence-electron chi connectivity index (χ3n) is 4.82. The van der Waals surface area contributed by atoms with Crippen LogP contribution in [-0.4, -0.2) is 30.1 Å². The molecule has 5 nitrogen and oxygen atoms in total. The number of urea groups is 1. The molecule has 1 saturated heterocycles. The molecule has 4 rings (SSSR count). The fraction of sp³-hybridized carbons (Fsp3) is 0.368. The smallest absolute Gasteiger partial charge is 0.319 e. The number of halogens is 1. The zero-order valence-electron chi connectivity index (χ0n) is 13.9. The molecule has 130 valence electrons. The second kappa shape index (κ2) is 6.70. The summed E-state index contributed by atoms with van der Waals surface area (Å²) in [5.74, 6) is 0.908. The summed E-state index contributed by atoms with van der Waals surface area (Å²) in [6, 6.07) is 10.2. The van der Waals surface area contributed by atoms with Gasteiger partial charge in [-0.2, -0.15) is 0 Å². The Morgan fingerprint density at radius 3 is 2.76 bits per heavy atom. The lowest BCUT2D eigenvalue weighted by Gasteiger charge is -2.16. The maximum absolute atomic E-state index is 13.3. The first kappa shape index (κ1) is 15.9. The molecule has 1 saturated carbocycles. The van der Waals surface area contributed by atoms with Crippen molar-refractivity contribution in [3.8, 4) is 0 Å². The maximum Gasteiger partial charge on any atom is 0.319 e. The van der Waals surface area contributed by atoms with Crippen molar-refractivity contribution in [2.75, 3.05) is 23.3 Å². The fourth-order valence-electron chi connectivity index (χ4n) is 3.39. The predicted molar refractivity (Wildman–Crippen MR) is 95.4 cm³/mol. The normalized spacial score (nSPS) is 21.9. The molecule has 2 heterocycles.